The van der Waals surface area contributed by atoms with Crippen LogP contribution >= 0.6 is 0 Å². The highest BCUT2D eigenvalue weighted by Crippen LogP contribution is 2.24. The number of aliphatic hydroxyl groups is 1. The summed E-state index contributed by atoms with van der Waals surface area (Å²) in [5.74, 6) is -1.03. The maximum Gasteiger partial charge on any atom is 0.345 e. The number of esters is 1. The van der Waals surface area contributed by atoms with Crippen molar-refractivity contribution in [3.8, 4) is 0 Å². The number of Topliss-reactive ketones (excluding diaryl/α,β-unsaturated/α-hetero) is 1. The number of carbonyl (C=O) groups is 2. The minimum absolute atomic E-state index is 0.118. The maximum absolute atomic E-state index is 12.0. The van der Waals surface area contributed by atoms with Crippen LogP contribution in [0.15, 0.2) is 11.3 Å². The average molecular weight is 324 g/mol. The van der Waals surface area contributed by atoms with Gasteiger partial charge in [0.2, 0.25) is 0 Å². The molecular weight excluding hydrogens is 292 g/mol. The van der Waals surface area contributed by atoms with Gasteiger partial charge >= 0.3 is 5.97 Å². The highest BCUT2D eigenvalue weighted by molar-refractivity contribution is 6.19. The summed E-state index contributed by atoms with van der Waals surface area (Å²) in [4.78, 5) is 24.0. The Balaban J connectivity index is 2.25. The van der Waals surface area contributed by atoms with Crippen LogP contribution in [-0.2, 0) is 14.3 Å². The molecule has 1 N–H and O–H groups in total. The van der Waals surface area contributed by atoms with Gasteiger partial charge in [-0.05, 0) is 19.3 Å². The second kappa shape index (κ2) is 11.3. The molecule has 0 saturated carbocycles. The Hall–Kier alpha value is -1.32. The predicted molar refractivity (Wildman–Crippen MR) is 91.3 cm³/mol. The van der Waals surface area contributed by atoms with Gasteiger partial charge in [0, 0.05) is 12.8 Å². The monoisotopic (exact) mass is 324 g/mol. The molecule has 0 aromatic carbocycles. The lowest BCUT2D eigenvalue weighted by atomic mass is 9.96. The third-order valence-electron chi connectivity index (χ3n) is 4.32. The summed E-state index contributed by atoms with van der Waals surface area (Å²) in [7, 11) is 0. The van der Waals surface area contributed by atoms with Crippen molar-refractivity contribution in [1.29, 1.82) is 0 Å². The fourth-order valence-corrected chi connectivity index (χ4v) is 2.98. The van der Waals surface area contributed by atoms with Gasteiger partial charge in [0.1, 0.15) is 17.4 Å². The number of ether oxygens (including phenoxy) is 1. The smallest absolute Gasteiger partial charge is 0.345 e. The molecule has 132 valence electrons. The Labute approximate surface area is 140 Å². The van der Waals surface area contributed by atoms with Crippen molar-refractivity contribution in [2.45, 2.75) is 97.0 Å². The fraction of sp³-hybridized carbons (Fsp3) is 0.789. The first-order chi connectivity index (χ1) is 11.1. The van der Waals surface area contributed by atoms with Crippen molar-refractivity contribution < 1.29 is 19.4 Å². The molecule has 0 unspecified atom stereocenters. The molecule has 0 aromatic rings. The predicted octanol–water partition coefficient (Wildman–Crippen LogP) is 5.01. The molecule has 0 amide bonds. The molecule has 0 radical (unpaired) electrons. The quantitative estimate of drug-likeness (QED) is 0.191. The molecule has 23 heavy (non-hydrogen) atoms. The third kappa shape index (κ3) is 7.19. The van der Waals surface area contributed by atoms with Gasteiger partial charge in [-0.2, -0.15) is 0 Å². The minimum atomic E-state index is -0.642. The van der Waals surface area contributed by atoms with E-state index in [1.165, 1.54) is 38.5 Å². The Morgan fingerprint density at radius 1 is 1.00 bits per heavy atom. The fourth-order valence-electron chi connectivity index (χ4n) is 2.98. The number of unbranched alkanes of at least 4 members (excludes halogenated alkanes) is 7. The molecule has 1 aliphatic heterocycles. The van der Waals surface area contributed by atoms with E-state index in [0.29, 0.717) is 12.8 Å². The van der Waals surface area contributed by atoms with Crippen LogP contribution in [0.2, 0.25) is 0 Å². The second-order valence-corrected chi connectivity index (χ2v) is 6.49. The molecule has 1 fully saturated rings. The molecule has 0 spiro atoms. The Morgan fingerprint density at radius 2 is 1.61 bits per heavy atom. The first-order valence-electron chi connectivity index (χ1n) is 9.26. The Bertz CT molecular complexity index is 392. The summed E-state index contributed by atoms with van der Waals surface area (Å²) in [6.07, 6.45) is 11.5. The zero-order chi connectivity index (χ0) is 17.1. The lowest BCUT2D eigenvalue weighted by Crippen LogP contribution is -2.33. The lowest BCUT2D eigenvalue weighted by molar-refractivity contribution is -0.151. The molecule has 0 aliphatic carbocycles. The summed E-state index contributed by atoms with van der Waals surface area (Å²) in [6, 6.07) is 0. The SMILES string of the molecule is CCCCCCCCCC[C@@H]1CC(=O)/C(=C(\O)CCC)C(=O)O1. The molecule has 1 aliphatic rings. The van der Waals surface area contributed by atoms with E-state index in [1.807, 2.05) is 6.92 Å². The van der Waals surface area contributed by atoms with Crippen LogP contribution in [-0.4, -0.2) is 23.0 Å². The largest absolute Gasteiger partial charge is 0.511 e. The van der Waals surface area contributed by atoms with Gasteiger partial charge in [-0.1, -0.05) is 58.8 Å². The van der Waals surface area contributed by atoms with Gasteiger partial charge in [0.05, 0.1) is 0 Å². The van der Waals surface area contributed by atoms with E-state index < -0.39 is 5.97 Å². The highest BCUT2D eigenvalue weighted by atomic mass is 16.5. The number of aliphatic hydroxyl groups excluding tert-OH is 1. The number of ketones is 1. The van der Waals surface area contributed by atoms with Crippen LogP contribution in [0.4, 0.5) is 0 Å². The van der Waals surface area contributed by atoms with E-state index in [-0.39, 0.29) is 29.6 Å². The summed E-state index contributed by atoms with van der Waals surface area (Å²) in [6.45, 7) is 4.11. The Kier molecular flexibility index (Phi) is 9.65. The number of carbonyl (C=O) groups excluding carboxylic acids is 2. The molecule has 1 atom stereocenters. The number of hydrogen-bond donors (Lipinski definition) is 1. The van der Waals surface area contributed by atoms with Crippen LogP contribution in [0.5, 0.6) is 0 Å². The van der Waals surface area contributed by atoms with Gasteiger partial charge in [0.25, 0.3) is 0 Å². The summed E-state index contributed by atoms with van der Waals surface area (Å²) >= 11 is 0. The van der Waals surface area contributed by atoms with E-state index in [2.05, 4.69) is 6.92 Å². The maximum atomic E-state index is 12.0. The van der Waals surface area contributed by atoms with Crippen LogP contribution < -0.4 is 0 Å². The Morgan fingerprint density at radius 3 is 2.17 bits per heavy atom. The first kappa shape index (κ1) is 19.7. The van der Waals surface area contributed by atoms with E-state index in [4.69, 9.17) is 4.74 Å². The summed E-state index contributed by atoms with van der Waals surface area (Å²) in [5.41, 5.74) is -0.126. The van der Waals surface area contributed by atoms with Crippen molar-refractivity contribution in [3.63, 3.8) is 0 Å². The second-order valence-electron chi connectivity index (χ2n) is 6.49. The molecule has 4 nitrogen and oxygen atoms in total. The van der Waals surface area contributed by atoms with Crippen molar-refractivity contribution in [2.24, 2.45) is 0 Å². The molecule has 0 aromatic heterocycles. The zero-order valence-corrected chi connectivity index (χ0v) is 14.7. The highest BCUT2D eigenvalue weighted by Gasteiger charge is 2.34. The molecule has 0 bridgehead atoms. The van der Waals surface area contributed by atoms with Crippen molar-refractivity contribution >= 4 is 11.8 Å². The van der Waals surface area contributed by atoms with E-state index >= 15 is 0 Å². The standard InChI is InChI=1S/C19H32O4/c1-3-5-6-7-8-9-10-11-13-15-14-17(21)18(19(22)23-15)16(20)12-4-2/h15,20H,3-14H2,1-2H3/b18-16+/t15-/m1/s1. The third-order valence-corrected chi connectivity index (χ3v) is 4.32. The van der Waals surface area contributed by atoms with Gasteiger partial charge < -0.3 is 9.84 Å². The minimum Gasteiger partial charge on any atom is -0.511 e. The molecule has 1 rings (SSSR count). The molecule has 1 saturated heterocycles. The van der Waals surface area contributed by atoms with Crippen LogP contribution in [0.3, 0.4) is 0 Å². The summed E-state index contributed by atoms with van der Waals surface area (Å²) in [5, 5.41) is 9.79. The van der Waals surface area contributed by atoms with E-state index in [9.17, 15) is 14.7 Å². The van der Waals surface area contributed by atoms with Gasteiger partial charge in [-0.3, -0.25) is 4.79 Å². The molecule has 4 heteroatoms. The van der Waals surface area contributed by atoms with Crippen LogP contribution in [0.25, 0.3) is 0 Å². The number of cyclic esters (lactones) is 1. The summed E-state index contributed by atoms with van der Waals surface area (Å²) < 4.78 is 5.32. The number of hydrogen-bond acceptors (Lipinski definition) is 4. The molecular formula is C19H32O4. The van der Waals surface area contributed by atoms with Crippen LogP contribution in [0.1, 0.15) is 90.9 Å². The van der Waals surface area contributed by atoms with Crippen molar-refractivity contribution in [1.82, 2.24) is 0 Å². The zero-order valence-electron chi connectivity index (χ0n) is 14.7. The van der Waals surface area contributed by atoms with Crippen molar-refractivity contribution in [2.75, 3.05) is 0 Å². The van der Waals surface area contributed by atoms with Crippen LogP contribution in [0, 0.1) is 0 Å². The van der Waals surface area contributed by atoms with Gasteiger partial charge in [0.15, 0.2) is 5.78 Å². The van der Waals surface area contributed by atoms with E-state index in [0.717, 1.165) is 19.3 Å². The topological polar surface area (TPSA) is 63.6 Å². The number of rotatable bonds is 11. The first-order valence-corrected chi connectivity index (χ1v) is 9.26. The van der Waals surface area contributed by atoms with Gasteiger partial charge in [-0.25, -0.2) is 4.79 Å². The lowest BCUT2D eigenvalue weighted by Gasteiger charge is -2.23. The van der Waals surface area contributed by atoms with Gasteiger partial charge in [-0.15, -0.1) is 0 Å². The van der Waals surface area contributed by atoms with Crippen molar-refractivity contribution in [3.05, 3.63) is 11.3 Å². The number of allylic oxidation sites excluding steroid dienone is 1. The van der Waals surface area contributed by atoms with E-state index in [1.54, 1.807) is 0 Å². The average Bonchev–Trinajstić information content (AvgIpc) is 2.49. The molecule has 1 heterocycles. The normalized spacial score (nSPS) is 20.5.